The smallest absolute Gasteiger partial charge is 0.771 e. The molecule has 0 saturated heterocycles. The Morgan fingerprint density at radius 3 is 2.59 bits per heavy atom. The molecule has 3 unspecified atom stereocenters. The van der Waals surface area contributed by atoms with Gasteiger partial charge in [-0.3, -0.25) is 23.5 Å². The number of phenolic OH excluding ortho intramolecular Hbond substituents is 1. The maximum absolute atomic E-state index is 13.1. The van der Waals surface area contributed by atoms with Gasteiger partial charge in [0.15, 0.2) is 0 Å². The molecule has 2 heterocycles. The molecule has 0 bridgehead atoms. The Hall–Kier alpha value is -1.98. The average molecular weight is 427 g/mol. The molecule has 0 radical (unpaired) electrons. The van der Waals surface area contributed by atoms with Crippen LogP contribution in [0, 0.1) is 6.92 Å². The molecule has 3 N–H and O–H groups in total. The maximum atomic E-state index is 13.1. The molecule has 148 valence electrons. The van der Waals surface area contributed by atoms with Gasteiger partial charge in [-0.15, -0.1) is 0 Å². The maximum Gasteiger partial charge on any atom is 1.00 e. The summed E-state index contributed by atoms with van der Waals surface area (Å²) in [5, 5.41) is 9.10. The molecule has 3 amide bonds. The molecule has 0 spiro atoms. The number of hydrogen-bond acceptors (Lipinski definition) is 6. The van der Waals surface area contributed by atoms with E-state index in [0.717, 1.165) is 11.0 Å². The molecule has 3 rings (SSSR count). The van der Waals surface area contributed by atoms with Gasteiger partial charge in [0.2, 0.25) is 11.8 Å². The molecule has 1 aromatic rings. The number of aromatic hydroxyl groups is 1. The summed E-state index contributed by atoms with van der Waals surface area (Å²) < 4.78 is 24.2. The Morgan fingerprint density at radius 1 is 1.38 bits per heavy atom. The minimum absolute atomic E-state index is 0. The second-order valence-corrected chi connectivity index (χ2v) is 7.59. The monoisotopic (exact) mass is 427 g/mol. The molecular weight excluding hydrogens is 409 g/mol. The van der Waals surface area contributed by atoms with Gasteiger partial charge in [0.1, 0.15) is 16.8 Å². The molecule has 0 fully saturated rings. The van der Waals surface area contributed by atoms with E-state index in [2.05, 4.69) is 0 Å². The quantitative estimate of drug-likeness (QED) is 0.308. The van der Waals surface area contributed by atoms with Crippen molar-refractivity contribution in [2.45, 2.75) is 31.7 Å². The van der Waals surface area contributed by atoms with Gasteiger partial charge in [-0.25, -0.2) is 0 Å². The van der Waals surface area contributed by atoms with Crippen molar-refractivity contribution in [2.24, 2.45) is 5.73 Å². The standard InChI is InChI=1S/C18H19N3O6S.Na/c1-9-3-5-12-15(16(9)24)21(10(2)22)18(28(26)27)13-7-11(4-6-14(19)23)8-20(13)17(12)25;/h3-6,8,13,18,24H,7H2,1-2H3,(H2,19,23)(H,26,27);/q;+1/p-1. The summed E-state index contributed by atoms with van der Waals surface area (Å²) in [6, 6.07) is 2.04. The fourth-order valence-electron chi connectivity index (χ4n) is 3.50. The third-order valence-electron chi connectivity index (χ3n) is 4.75. The number of allylic oxidation sites excluding steroid dienone is 1. The van der Waals surface area contributed by atoms with Crippen LogP contribution in [0.4, 0.5) is 5.69 Å². The number of rotatable bonds is 3. The molecule has 29 heavy (non-hydrogen) atoms. The molecule has 0 saturated carbocycles. The summed E-state index contributed by atoms with van der Waals surface area (Å²) in [6.07, 6.45) is 4.03. The Bertz CT molecular complexity index is 977. The van der Waals surface area contributed by atoms with Gasteiger partial charge in [-0.2, -0.15) is 0 Å². The second-order valence-electron chi connectivity index (χ2n) is 6.59. The SMILES string of the molecule is CC(=O)N1c2c(ccc(C)c2O)C(=O)N2C=C(C=CC(N)=O)CC2C1S(=O)[O-].[Na+]. The number of benzene rings is 1. The van der Waals surface area contributed by atoms with E-state index in [1.807, 2.05) is 0 Å². The van der Waals surface area contributed by atoms with Crippen LogP contribution in [-0.4, -0.2) is 47.9 Å². The molecule has 2 aliphatic rings. The number of primary amides is 1. The Balaban J connectivity index is 0.00000300. The minimum Gasteiger partial charge on any atom is -0.771 e. The van der Waals surface area contributed by atoms with Gasteiger partial charge < -0.3 is 20.3 Å². The van der Waals surface area contributed by atoms with E-state index in [0.29, 0.717) is 11.1 Å². The molecular formula is C18H18N3NaO6S. The van der Waals surface area contributed by atoms with Crippen LogP contribution in [-0.2, 0) is 20.7 Å². The van der Waals surface area contributed by atoms with Gasteiger partial charge in [0, 0.05) is 19.2 Å². The van der Waals surface area contributed by atoms with E-state index in [9.17, 15) is 28.3 Å². The fourth-order valence-corrected chi connectivity index (χ4v) is 4.41. The van der Waals surface area contributed by atoms with Crippen LogP contribution in [0.3, 0.4) is 0 Å². The molecule has 0 aliphatic carbocycles. The number of amides is 3. The number of aryl methyl sites for hydroxylation is 1. The third-order valence-corrected chi connectivity index (χ3v) is 5.67. The summed E-state index contributed by atoms with van der Waals surface area (Å²) in [5.41, 5.74) is 5.88. The zero-order valence-electron chi connectivity index (χ0n) is 16.1. The number of nitrogens with zero attached hydrogens (tertiary/aromatic N) is 2. The molecule has 11 heteroatoms. The number of anilines is 1. The predicted molar refractivity (Wildman–Crippen MR) is 99.7 cm³/mol. The number of carbonyl (C=O) groups is 3. The van der Waals surface area contributed by atoms with Gasteiger partial charge in [-0.1, -0.05) is 12.1 Å². The minimum atomic E-state index is -2.79. The molecule has 3 atom stereocenters. The van der Waals surface area contributed by atoms with E-state index in [-0.39, 0.29) is 53.0 Å². The van der Waals surface area contributed by atoms with Crippen molar-refractivity contribution in [1.29, 1.82) is 0 Å². The number of carbonyl (C=O) groups excluding carboxylic acids is 3. The molecule has 2 aliphatic heterocycles. The fraction of sp³-hybridized carbons (Fsp3) is 0.278. The van der Waals surface area contributed by atoms with E-state index >= 15 is 0 Å². The first kappa shape index (κ1) is 23.3. The van der Waals surface area contributed by atoms with E-state index < -0.39 is 40.2 Å². The Labute approximate surface area is 191 Å². The zero-order chi connectivity index (χ0) is 20.7. The first-order chi connectivity index (χ1) is 13.1. The van der Waals surface area contributed by atoms with Crippen molar-refractivity contribution in [3.05, 3.63) is 47.2 Å². The number of fused-ring (bicyclic) bond motifs is 2. The second kappa shape index (κ2) is 8.80. The predicted octanol–water partition coefficient (Wildman–Crippen LogP) is -2.58. The Morgan fingerprint density at radius 2 is 2.03 bits per heavy atom. The van der Waals surface area contributed by atoms with Crippen LogP contribution in [0.25, 0.3) is 0 Å². The van der Waals surface area contributed by atoms with Crippen LogP contribution in [0.2, 0.25) is 0 Å². The van der Waals surface area contributed by atoms with E-state index in [1.165, 1.54) is 36.2 Å². The molecule has 0 aromatic heterocycles. The summed E-state index contributed by atoms with van der Waals surface area (Å²) >= 11 is -2.79. The van der Waals surface area contributed by atoms with Crippen LogP contribution in [0.1, 0.15) is 29.3 Å². The summed E-state index contributed by atoms with van der Waals surface area (Å²) in [4.78, 5) is 38.7. The first-order valence-corrected chi connectivity index (χ1v) is 9.48. The van der Waals surface area contributed by atoms with Gasteiger partial charge in [0.25, 0.3) is 5.91 Å². The van der Waals surface area contributed by atoms with Crippen LogP contribution in [0.15, 0.2) is 36.1 Å². The van der Waals surface area contributed by atoms with Crippen molar-refractivity contribution in [1.82, 2.24) is 4.90 Å². The summed E-state index contributed by atoms with van der Waals surface area (Å²) in [7, 11) is 0. The number of phenols is 1. The largest absolute Gasteiger partial charge is 1.00 e. The van der Waals surface area contributed by atoms with Crippen molar-refractivity contribution < 1.29 is 57.8 Å². The Kier molecular flexibility index (Phi) is 7.07. The van der Waals surface area contributed by atoms with Crippen molar-refractivity contribution in [3.63, 3.8) is 0 Å². The average Bonchev–Trinajstić information content (AvgIpc) is 2.99. The van der Waals surface area contributed by atoms with Gasteiger partial charge >= 0.3 is 29.6 Å². The van der Waals surface area contributed by atoms with Crippen LogP contribution >= 0.6 is 0 Å². The van der Waals surface area contributed by atoms with Crippen molar-refractivity contribution in [3.8, 4) is 5.75 Å². The van der Waals surface area contributed by atoms with Crippen molar-refractivity contribution in [2.75, 3.05) is 4.90 Å². The van der Waals surface area contributed by atoms with Gasteiger partial charge in [-0.05, 0) is 41.6 Å². The van der Waals surface area contributed by atoms with Crippen molar-refractivity contribution >= 4 is 34.5 Å². The van der Waals surface area contributed by atoms with Crippen LogP contribution in [0.5, 0.6) is 5.75 Å². The number of nitrogens with two attached hydrogens (primary N) is 1. The molecule has 9 nitrogen and oxygen atoms in total. The van der Waals surface area contributed by atoms with Crippen LogP contribution < -0.4 is 40.2 Å². The normalized spacial score (nSPS) is 21.8. The first-order valence-electron chi connectivity index (χ1n) is 8.34. The third kappa shape index (κ3) is 4.17. The van der Waals surface area contributed by atoms with Gasteiger partial charge in [0.05, 0.1) is 11.6 Å². The zero-order valence-corrected chi connectivity index (χ0v) is 18.9. The van der Waals surface area contributed by atoms with E-state index in [4.69, 9.17) is 5.73 Å². The topological polar surface area (TPSA) is 144 Å². The molecule has 1 aromatic carbocycles. The number of hydrogen-bond donors (Lipinski definition) is 2. The summed E-state index contributed by atoms with van der Waals surface area (Å²) in [6.45, 7) is 2.75. The summed E-state index contributed by atoms with van der Waals surface area (Å²) in [5.74, 6) is -2.20. The van der Waals surface area contributed by atoms with E-state index in [1.54, 1.807) is 6.92 Å².